The van der Waals surface area contributed by atoms with Gasteiger partial charge in [-0.05, 0) is 22.6 Å². The number of fused-ring (bicyclic) bond motifs is 1. The van der Waals surface area contributed by atoms with Gasteiger partial charge in [-0.1, -0.05) is 0 Å². The van der Waals surface area contributed by atoms with Gasteiger partial charge in [-0.25, -0.2) is 4.98 Å². The van der Waals surface area contributed by atoms with Crippen molar-refractivity contribution < 1.29 is 0 Å². The Labute approximate surface area is 76.4 Å². The Hall–Kier alpha value is -0.850. The van der Waals surface area contributed by atoms with E-state index in [1.165, 1.54) is 0 Å². The average Bonchev–Trinajstić information content (AvgIpc) is 2.31. The molecule has 0 bridgehead atoms. The Balaban J connectivity index is 2.90. The van der Waals surface area contributed by atoms with Crippen molar-refractivity contribution >= 4 is 39.6 Å². The molecule has 0 saturated heterocycles. The lowest BCUT2D eigenvalue weighted by Gasteiger charge is -1.87. The summed E-state index contributed by atoms with van der Waals surface area (Å²) in [6, 6.07) is 0. The van der Waals surface area contributed by atoms with E-state index >= 15 is 0 Å². The summed E-state index contributed by atoms with van der Waals surface area (Å²) in [5, 5.41) is 0. The third kappa shape index (κ3) is 1.05. The number of aromatic amines is 1. The second-order valence-electron chi connectivity index (χ2n) is 2.14. The van der Waals surface area contributed by atoms with Crippen LogP contribution in [-0.4, -0.2) is 15.0 Å². The highest BCUT2D eigenvalue weighted by Gasteiger charge is 2.02. The second-order valence-corrected chi connectivity index (χ2v) is 3.30. The summed E-state index contributed by atoms with van der Waals surface area (Å²) in [7, 11) is 0. The maximum absolute atomic E-state index is 5.46. The molecule has 0 radical (unpaired) electrons. The molecule has 11 heavy (non-hydrogen) atoms. The number of rotatable bonds is 0. The third-order valence-electron chi connectivity index (χ3n) is 1.37. The number of halogens is 1. The van der Waals surface area contributed by atoms with Crippen LogP contribution in [0.15, 0.2) is 12.4 Å². The van der Waals surface area contributed by atoms with Gasteiger partial charge in [0.25, 0.3) is 0 Å². The summed E-state index contributed by atoms with van der Waals surface area (Å²) in [5.41, 5.74) is 7.23. The molecule has 4 nitrogen and oxygen atoms in total. The molecule has 2 rings (SSSR count). The highest BCUT2D eigenvalue weighted by Crippen LogP contribution is 2.16. The lowest BCUT2D eigenvalue weighted by molar-refractivity contribution is 1.33. The zero-order chi connectivity index (χ0) is 7.84. The fourth-order valence-electron chi connectivity index (χ4n) is 0.920. The number of hydrogen-bond donors (Lipinski definition) is 2. The van der Waals surface area contributed by atoms with Crippen LogP contribution in [0.4, 0.5) is 5.95 Å². The van der Waals surface area contributed by atoms with Crippen molar-refractivity contribution in [2.75, 3.05) is 5.73 Å². The van der Waals surface area contributed by atoms with E-state index in [2.05, 4.69) is 37.5 Å². The molecular formula is C6H5IN4. The fourth-order valence-corrected chi connectivity index (χ4v) is 1.49. The minimum atomic E-state index is 0.436. The first-order chi connectivity index (χ1) is 5.27. The van der Waals surface area contributed by atoms with Gasteiger partial charge in [0.05, 0.1) is 15.3 Å². The molecular weight excluding hydrogens is 255 g/mol. The average molecular weight is 260 g/mol. The lowest BCUT2D eigenvalue weighted by atomic mass is 10.4. The van der Waals surface area contributed by atoms with Crippen LogP contribution in [-0.2, 0) is 0 Å². The van der Waals surface area contributed by atoms with E-state index < -0.39 is 0 Å². The largest absolute Gasteiger partial charge is 0.369 e. The molecule has 0 unspecified atom stereocenters. The number of pyridine rings is 1. The minimum absolute atomic E-state index is 0.436. The number of nitrogen functional groups attached to an aromatic ring is 1. The number of nitrogens with one attached hydrogen (secondary N) is 1. The molecule has 0 amide bonds. The molecule has 3 N–H and O–H groups in total. The smallest absolute Gasteiger partial charge is 0.198 e. The van der Waals surface area contributed by atoms with E-state index in [9.17, 15) is 0 Å². The van der Waals surface area contributed by atoms with Crippen LogP contribution in [0.3, 0.4) is 0 Å². The Kier molecular flexibility index (Phi) is 1.45. The molecule has 5 heteroatoms. The first-order valence-electron chi connectivity index (χ1n) is 3.02. The Bertz CT molecular complexity index is 394. The first kappa shape index (κ1) is 6.84. The molecule has 0 fully saturated rings. The van der Waals surface area contributed by atoms with E-state index in [0.29, 0.717) is 5.95 Å². The summed E-state index contributed by atoms with van der Waals surface area (Å²) in [6.07, 6.45) is 3.46. The van der Waals surface area contributed by atoms with Crippen LogP contribution in [0, 0.1) is 3.57 Å². The number of hydrogen-bond acceptors (Lipinski definition) is 3. The number of nitrogens with zero attached hydrogens (tertiary/aromatic N) is 2. The molecule has 56 valence electrons. The van der Waals surface area contributed by atoms with Crippen molar-refractivity contribution in [3.8, 4) is 0 Å². The molecule has 0 atom stereocenters. The van der Waals surface area contributed by atoms with Gasteiger partial charge in [-0.2, -0.15) is 0 Å². The summed E-state index contributed by atoms with van der Waals surface area (Å²) < 4.78 is 1.01. The SMILES string of the molecule is Nc1nc2c(I)cncc2[nH]1. The molecule has 0 aliphatic rings. The normalized spacial score (nSPS) is 10.6. The predicted octanol–water partition coefficient (Wildman–Crippen LogP) is 1.14. The van der Waals surface area contributed by atoms with Crippen LogP contribution in [0.1, 0.15) is 0 Å². The maximum atomic E-state index is 5.46. The topological polar surface area (TPSA) is 67.6 Å². The molecule has 2 aromatic rings. The number of H-pyrrole nitrogens is 1. The van der Waals surface area contributed by atoms with E-state index in [-0.39, 0.29) is 0 Å². The third-order valence-corrected chi connectivity index (χ3v) is 2.16. The summed E-state index contributed by atoms with van der Waals surface area (Å²) in [4.78, 5) is 11.0. The van der Waals surface area contributed by atoms with Crippen LogP contribution < -0.4 is 5.73 Å². The predicted molar refractivity (Wildman–Crippen MR) is 51.0 cm³/mol. The molecule has 0 spiro atoms. The quantitative estimate of drug-likeness (QED) is 0.698. The van der Waals surface area contributed by atoms with E-state index in [1.54, 1.807) is 12.4 Å². The van der Waals surface area contributed by atoms with Gasteiger partial charge in [-0.3, -0.25) is 4.98 Å². The van der Waals surface area contributed by atoms with Crippen molar-refractivity contribution in [1.29, 1.82) is 0 Å². The lowest BCUT2D eigenvalue weighted by Crippen LogP contribution is -1.84. The van der Waals surface area contributed by atoms with Crippen molar-refractivity contribution in [2.24, 2.45) is 0 Å². The Morgan fingerprint density at radius 2 is 2.27 bits per heavy atom. The summed E-state index contributed by atoms with van der Waals surface area (Å²) >= 11 is 2.17. The van der Waals surface area contributed by atoms with Gasteiger partial charge in [0.2, 0.25) is 0 Å². The van der Waals surface area contributed by atoms with Gasteiger partial charge in [0.15, 0.2) is 5.95 Å². The Morgan fingerprint density at radius 3 is 3.00 bits per heavy atom. The first-order valence-corrected chi connectivity index (χ1v) is 4.10. The molecule has 2 aromatic heterocycles. The Morgan fingerprint density at radius 1 is 1.45 bits per heavy atom. The van der Waals surface area contributed by atoms with Gasteiger partial charge in [0.1, 0.15) is 5.52 Å². The summed E-state index contributed by atoms with van der Waals surface area (Å²) in [5.74, 6) is 0.436. The highest BCUT2D eigenvalue weighted by atomic mass is 127. The van der Waals surface area contributed by atoms with E-state index in [4.69, 9.17) is 5.73 Å². The zero-order valence-electron chi connectivity index (χ0n) is 5.50. The van der Waals surface area contributed by atoms with Crippen molar-refractivity contribution in [2.45, 2.75) is 0 Å². The molecule has 0 aliphatic carbocycles. The number of aromatic nitrogens is 3. The van der Waals surface area contributed by atoms with Crippen LogP contribution in [0.2, 0.25) is 0 Å². The minimum Gasteiger partial charge on any atom is -0.369 e. The summed E-state index contributed by atoms with van der Waals surface area (Å²) in [6.45, 7) is 0. The van der Waals surface area contributed by atoms with Crippen molar-refractivity contribution in [3.63, 3.8) is 0 Å². The van der Waals surface area contributed by atoms with Crippen LogP contribution in [0.25, 0.3) is 11.0 Å². The maximum Gasteiger partial charge on any atom is 0.198 e. The molecule has 0 aromatic carbocycles. The van der Waals surface area contributed by atoms with E-state index in [0.717, 1.165) is 14.6 Å². The van der Waals surface area contributed by atoms with E-state index in [1.807, 2.05) is 0 Å². The number of anilines is 1. The fraction of sp³-hybridized carbons (Fsp3) is 0. The van der Waals surface area contributed by atoms with Gasteiger partial charge < -0.3 is 10.7 Å². The molecule has 0 saturated carbocycles. The monoisotopic (exact) mass is 260 g/mol. The number of nitrogens with two attached hydrogens (primary N) is 1. The standard InChI is InChI=1S/C6H5IN4/c7-3-1-9-2-4-5(3)11-6(8)10-4/h1-2H,(H3,8,10,11). The van der Waals surface area contributed by atoms with Crippen LogP contribution >= 0.6 is 22.6 Å². The molecule has 2 heterocycles. The van der Waals surface area contributed by atoms with Gasteiger partial charge in [0, 0.05) is 6.20 Å². The van der Waals surface area contributed by atoms with Crippen molar-refractivity contribution in [1.82, 2.24) is 15.0 Å². The van der Waals surface area contributed by atoms with Crippen molar-refractivity contribution in [3.05, 3.63) is 16.0 Å². The second kappa shape index (κ2) is 2.33. The van der Waals surface area contributed by atoms with Gasteiger partial charge >= 0.3 is 0 Å². The molecule has 0 aliphatic heterocycles. The number of imidazole rings is 1. The van der Waals surface area contributed by atoms with Gasteiger partial charge in [-0.15, -0.1) is 0 Å². The highest BCUT2D eigenvalue weighted by molar-refractivity contribution is 14.1. The van der Waals surface area contributed by atoms with Crippen LogP contribution in [0.5, 0.6) is 0 Å². The zero-order valence-corrected chi connectivity index (χ0v) is 7.66.